The Balaban J connectivity index is 1.91. The Bertz CT molecular complexity index is 749. The zero-order valence-corrected chi connectivity index (χ0v) is 17.7. The number of nitrogens with one attached hydrogen (secondary N) is 3. The molecule has 29 heavy (non-hydrogen) atoms. The summed E-state index contributed by atoms with van der Waals surface area (Å²) >= 11 is 0. The number of anilines is 1. The van der Waals surface area contributed by atoms with E-state index in [-0.39, 0.29) is 11.9 Å². The lowest BCUT2D eigenvalue weighted by molar-refractivity contribution is -0.136. The van der Waals surface area contributed by atoms with Gasteiger partial charge in [0, 0.05) is 12.6 Å². The first-order chi connectivity index (χ1) is 13.8. The third-order valence-electron chi connectivity index (χ3n) is 6.11. The molecule has 3 N–H and O–H groups in total. The van der Waals surface area contributed by atoms with Crippen LogP contribution in [0.2, 0.25) is 0 Å². The summed E-state index contributed by atoms with van der Waals surface area (Å²) in [4.78, 5) is 37.0. The van der Waals surface area contributed by atoms with E-state index >= 15 is 0 Å². The summed E-state index contributed by atoms with van der Waals surface area (Å²) in [5.41, 5.74) is 0.919. The van der Waals surface area contributed by atoms with E-state index < -0.39 is 11.8 Å². The number of para-hydroxylation sites is 1. The van der Waals surface area contributed by atoms with Gasteiger partial charge in [-0.3, -0.25) is 14.4 Å². The minimum Gasteiger partial charge on any atom is -0.349 e. The molecule has 2 rings (SSSR count). The minimum absolute atomic E-state index is 0.0169. The summed E-state index contributed by atoms with van der Waals surface area (Å²) in [6.45, 7) is 10.7. The van der Waals surface area contributed by atoms with Crippen molar-refractivity contribution in [2.45, 2.75) is 58.9 Å². The van der Waals surface area contributed by atoms with Crippen LogP contribution in [0.25, 0.3) is 0 Å². The summed E-state index contributed by atoms with van der Waals surface area (Å²) in [5.74, 6) is -1.11. The average Bonchev–Trinajstić information content (AvgIpc) is 2.72. The molecule has 1 aliphatic rings. The second-order valence-electron chi connectivity index (χ2n) is 8.36. The smallest absolute Gasteiger partial charge is 0.313 e. The molecule has 0 bridgehead atoms. The van der Waals surface area contributed by atoms with E-state index in [1.54, 1.807) is 30.3 Å². The van der Waals surface area contributed by atoms with Gasteiger partial charge in [0.1, 0.15) is 0 Å². The number of hydrogen-bond donors (Lipinski definition) is 3. The van der Waals surface area contributed by atoms with Crippen molar-refractivity contribution in [3.8, 4) is 0 Å². The van der Waals surface area contributed by atoms with Crippen molar-refractivity contribution in [2.24, 2.45) is 11.3 Å². The van der Waals surface area contributed by atoms with Gasteiger partial charge in [0.2, 0.25) is 0 Å². The van der Waals surface area contributed by atoms with E-state index in [9.17, 15) is 14.4 Å². The first kappa shape index (κ1) is 22.7. The lowest BCUT2D eigenvalue weighted by Crippen LogP contribution is -2.44. The van der Waals surface area contributed by atoms with Crippen LogP contribution in [0, 0.1) is 11.3 Å². The quantitative estimate of drug-likeness (QED) is 0.483. The summed E-state index contributed by atoms with van der Waals surface area (Å²) in [6.07, 6.45) is 6.58. The molecule has 0 aromatic heterocycles. The Kier molecular flexibility index (Phi) is 8.00. The van der Waals surface area contributed by atoms with Crippen molar-refractivity contribution in [3.05, 3.63) is 42.5 Å². The van der Waals surface area contributed by atoms with E-state index in [0.29, 0.717) is 29.1 Å². The van der Waals surface area contributed by atoms with Crippen molar-refractivity contribution < 1.29 is 14.4 Å². The van der Waals surface area contributed by atoms with Crippen LogP contribution in [0.3, 0.4) is 0 Å². The molecular weight excluding hydrogens is 366 g/mol. The van der Waals surface area contributed by atoms with Crippen molar-refractivity contribution in [3.63, 3.8) is 0 Å². The molecule has 6 heteroatoms. The zero-order chi connectivity index (χ0) is 21.4. The average molecular weight is 400 g/mol. The molecule has 6 nitrogen and oxygen atoms in total. The fourth-order valence-electron chi connectivity index (χ4n) is 3.79. The molecule has 158 valence electrons. The maximum absolute atomic E-state index is 12.4. The maximum atomic E-state index is 12.4. The fraction of sp³-hybridized carbons (Fsp3) is 0.522. The predicted octanol–water partition coefficient (Wildman–Crippen LogP) is 3.65. The van der Waals surface area contributed by atoms with E-state index in [2.05, 4.69) is 43.3 Å². The van der Waals surface area contributed by atoms with Crippen LogP contribution >= 0.6 is 0 Å². The van der Waals surface area contributed by atoms with Crippen molar-refractivity contribution >= 4 is 23.4 Å². The molecule has 1 aromatic rings. The third kappa shape index (κ3) is 6.17. The molecular formula is C23H33N3O3. The maximum Gasteiger partial charge on any atom is 0.313 e. The van der Waals surface area contributed by atoms with Crippen LogP contribution in [-0.2, 0) is 9.59 Å². The van der Waals surface area contributed by atoms with E-state index in [4.69, 9.17) is 0 Å². The lowest BCUT2D eigenvalue weighted by Gasteiger charge is -2.39. The molecule has 0 heterocycles. The Morgan fingerprint density at radius 3 is 2.38 bits per heavy atom. The van der Waals surface area contributed by atoms with Crippen LogP contribution in [0.1, 0.15) is 63.2 Å². The minimum atomic E-state index is -0.759. The number of hydrogen-bond acceptors (Lipinski definition) is 3. The summed E-state index contributed by atoms with van der Waals surface area (Å²) in [5, 5.41) is 8.08. The number of amides is 3. The SMILES string of the molecule is C=CCNC(=O)c1ccccc1NC(=O)C(=O)NC1CCC(C(C)(C)CC)CC1. The van der Waals surface area contributed by atoms with Crippen molar-refractivity contribution in [1.82, 2.24) is 10.6 Å². The highest BCUT2D eigenvalue weighted by molar-refractivity contribution is 6.40. The number of benzene rings is 1. The first-order valence-electron chi connectivity index (χ1n) is 10.4. The molecule has 3 amide bonds. The van der Waals surface area contributed by atoms with E-state index in [1.807, 2.05) is 0 Å². The number of carbonyl (C=O) groups excluding carboxylic acids is 3. The Hall–Kier alpha value is -2.63. The molecule has 1 saturated carbocycles. The first-order valence-corrected chi connectivity index (χ1v) is 10.4. The molecule has 1 aromatic carbocycles. The zero-order valence-electron chi connectivity index (χ0n) is 17.7. The number of rotatable bonds is 7. The van der Waals surface area contributed by atoms with E-state index in [1.165, 1.54) is 0 Å². The van der Waals surface area contributed by atoms with Gasteiger partial charge in [0.05, 0.1) is 11.3 Å². The van der Waals surface area contributed by atoms with Gasteiger partial charge in [-0.25, -0.2) is 0 Å². The Labute approximate surface area is 173 Å². The second kappa shape index (κ2) is 10.2. The normalized spacial score (nSPS) is 19.1. The van der Waals surface area contributed by atoms with Gasteiger partial charge in [0.15, 0.2) is 0 Å². The summed E-state index contributed by atoms with van der Waals surface area (Å²) in [6, 6.07) is 6.63. The van der Waals surface area contributed by atoms with Crippen LogP contribution in [0.4, 0.5) is 5.69 Å². The predicted molar refractivity (Wildman–Crippen MR) is 116 cm³/mol. The molecule has 0 unspecified atom stereocenters. The van der Waals surface area contributed by atoms with Gasteiger partial charge < -0.3 is 16.0 Å². The highest BCUT2D eigenvalue weighted by Gasteiger charge is 2.32. The van der Waals surface area contributed by atoms with Gasteiger partial charge in [-0.1, -0.05) is 45.4 Å². The fourth-order valence-corrected chi connectivity index (χ4v) is 3.79. The lowest BCUT2D eigenvalue weighted by atomic mass is 9.69. The summed E-state index contributed by atoms with van der Waals surface area (Å²) in [7, 11) is 0. The highest BCUT2D eigenvalue weighted by atomic mass is 16.2. The molecule has 0 spiro atoms. The van der Waals surface area contributed by atoms with Crippen molar-refractivity contribution in [2.75, 3.05) is 11.9 Å². The van der Waals surface area contributed by atoms with Gasteiger partial charge in [0.25, 0.3) is 5.91 Å². The molecule has 0 radical (unpaired) electrons. The third-order valence-corrected chi connectivity index (χ3v) is 6.11. The van der Waals surface area contributed by atoms with Crippen LogP contribution in [0.5, 0.6) is 0 Å². The monoisotopic (exact) mass is 399 g/mol. The van der Waals surface area contributed by atoms with Gasteiger partial charge >= 0.3 is 11.8 Å². The topological polar surface area (TPSA) is 87.3 Å². The Morgan fingerprint density at radius 1 is 1.10 bits per heavy atom. The molecule has 0 saturated heterocycles. The van der Waals surface area contributed by atoms with Crippen LogP contribution in [-0.4, -0.2) is 30.3 Å². The van der Waals surface area contributed by atoms with Crippen molar-refractivity contribution in [1.29, 1.82) is 0 Å². The Morgan fingerprint density at radius 2 is 1.76 bits per heavy atom. The van der Waals surface area contributed by atoms with Crippen LogP contribution < -0.4 is 16.0 Å². The molecule has 0 atom stereocenters. The van der Waals surface area contributed by atoms with E-state index in [0.717, 1.165) is 32.1 Å². The molecule has 1 fully saturated rings. The highest BCUT2D eigenvalue weighted by Crippen LogP contribution is 2.40. The van der Waals surface area contributed by atoms with Gasteiger partial charge in [-0.15, -0.1) is 6.58 Å². The largest absolute Gasteiger partial charge is 0.349 e. The second-order valence-corrected chi connectivity index (χ2v) is 8.36. The molecule has 0 aliphatic heterocycles. The molecule has 1 aliphatic carbocycles. The van der Waals surface area contributed by atoms with Crippen LogP contribution in [0.15, 0.2) is 36.9 Å². The number of carbonyl (C=O) groups is 3. The standard InChI is InChI=1S/C23H33N3O3/c1-5-15-24-20(27)18-9-7-8-10-19(18)26-22(29)21(28)25-17-13-11-16(12-14-17)23(3,4)6-2/h5,7-10,16-17H,1,6,11-15H2,2-4H3,(H,24,27)(H,25,28)(H,26,29). The van der Waals surface area contributed by atoms with Gasteiger partial charge in [-0.2, -0.15) is 0 Å². The van der Waals surface area contributed by atoms with Gasteiger partial charge in [-0.05, 0) is 49.1 Å². The summed E-state index contributed by atoms with van der Waals surface area (Å²) < 4.78 is 0.